The van der Waals surface area contributed by atoms with Crippen LogP contribution in [0.1, 0.15) is 17.3 Å². The van der Waals surface area contributed by atoms with Crippen molar-refractivity contribution in [2.24, 2.45) is 5.92 Å². The lowest BCUT2D eigenvalue weighted by molar-refractivity contribution is -0.119. The van der Waals surface area contributed by atoms with E-state index in [1.807, 2.05) is 6.92 Å². The van der Waals surface area contributed by atoms with E-state index in [9.17, 15) is 9.59 Å². The Bertz CT molecular complexity index is 503. The molecule has 1 atom stereocenters. The average molecular weight is 298 g/mol. The molecule has 0 bridgehead atoms. The second-order valence-corrected chi connectivity index (χ2v) is 5.27. The second kappa shape index (κ2) is 7.26. The first-order valence-electron chi connectivity index (χ1n) is 6.33. The predicted molar refractivity (Wildman–Crippen MR) is 81.2 cm³/mol. The largest absolute Gasteiger partial charge is 0.345 e. The van der Waals surface area contributed by atoms with Crippen LogP contribution in [-0.2, 0) is 4.79 Å². The molecule has 1 unspecified atom stereocenters. The Morgan fingerprint density at radius 2 is 2.00 bits per heavy atom. The molecule has 0 aromatic heterocycles. The zero-order valence-corrected chi connectivity index (χ0v) is 12.9. The van der Waals surface area contributed by atoms with E-state index in [0.717, 1.165) is 0 Å². The van der Waals surface area contributed by atoms with Crippen LogP contribution in [0.25, 0.3) is 0 Å². The maximum Gasteiger partial charge on any atom is 0.255 e. The van der Waals surface area contributed by atoms with Gasteiger partial charge in [0.1, 0.15) is 0 Å². The molecule has 1 aromatic rings. The van der Waals surface area contributed by atoms with E-state index in [4.69, 9.17) is 11.6 Å². The van der Waals surface area contributed by atoms with Crippen molar-refractivity contribution in [1.29, 1.82) is 0 Å². The molecule has 1 rings (SSSR count). The van der Waals surface area contributed by atoms with Crippen LogP contribution in [0.15, 0.2) is 18.2 Å². The number of carbonyl (C=O) groups is 2. The highest BCUT2D eigenvalue weighted by atomic mass is 35.5. The number of amides is 2. The molecule has 2 amide bonds. The Morgan fingerprint density at radius 1 is 1.35 bits per heavy atom. The van der Waals surface area contributed by atoms with Crippen molar-refractivity contribution in [2.45, 2.75) is 6.92 Å². The molecule has 5 nitrogen and oxygen atoms in total. The minimum Gasteiger partial charge on any atom is -0.345 e. The van der Waals surface area contributed by atoms with Gasteiger partial charge in [0, 0.05) is 31.6 Å². The summed E-state index contributed by atoms with van der Waals surface area (Å²) in [6.45, 7) is 2.37. The molecule has 0 aliphatic rings. The third-order valence-electron chi connectivity index (χ3n) is 2.83. The Balaban J connectivity index is 3.01. The van der Waals surface area contributed by atoms with E-state index in [1.165, 1.54) is 4.90 Å². The SMILES string of the molecule is CNCC(C)C(=O)Nc1cc(Cl)ccc1C(=O)N(C)C. The molecule has 0 aliphatic carbocycles. The van der Waals surface area contributed by atoms with Crippen LogP contribution in [-0.4, -0.2) is 44.4 Å². The van der Waals surface area contributed by atoms with Gasteiger partial charge in [0.05, 0.1) is 11.3 Å². The summed E-state index contributed by atoms with van der Waals surface area (Å²) in [5, 5.41) is 6.17. The molecular formula is C14H20ClN3O2. The molecule has 0 saturated carbocycles. The Labute approximate surface area is 124 Å². The number of anilines is 1. The number of nitrogens with zero attached hydrogens (tertiary/aromatic N) is 1. The van der Waals surface area contributed by atoms with Gasteiger partial charge in [0.2, 0.25) is 5.91 Å². The number of hydrogen-bond acceptors (Lipinski definition) is 3. The van der Waals surface area contributed by atoms with Crippen LogP contribution in [0.2, 0.25) is 5.02 Å². The third kappa shape index (κ3) is 4.21. The molecular weight excluding hydrogens is 278 g/mol. The lowest BCUT2D eigenvalue weighted by Gasteiger charge is -2.17. The first kappa shape index (κ1) is 16.5. The van der Waals surface area contributed by atoms with Crippen molar-refractivity contribution in [3.8, 4) is 0 Å². The van der Waals surface area contributed by atoms with Gasteiger partial charge in [0.15, 0.2) is 0 Å². The first-order valence-corrected chi connectivity index (χ1v) is 6.71. The van der Waals surface area contributed by atoms with E-state index >= 15 is 0 Å². The van der Waals surface area contributed by atoms with Crippen molar-refractivity contribution in [2.75, 3.05) is 33.0 Å². The zero-order valence-electron chi connectivity index (χ0n) is 12.2. The molecule has 0 aliphatic heterocycles. The third-order valence-corrected chi connectivity index (χ3v) is 3.07. The summed E-state index contributed by atoms with van der Waals surface area (Å²) in [5.74, 6) is -0.547. The van der Waals surface area contributed by atoms with Crippen molar-refractivity contribution < 1.29 is 9.59 Å². The molecule has 0 fully saturated rings. The number of benzene rings is 1. The number of halogens is 1. The summed E-state index contributed by atoms with van der Waals surface area (Å²) in [6.07, 6.45) is 0. The van der Waals surface area contributed by atoms with Crippen molar-refractivity contribution in [1.82, 2.24) is 10.2 Å². The van der Waals surface area contributed by atoms with Gasteiger partial charge >= 0.3 is 0 Å². The number of carbonyl (C=O) groups excluding carboxylic acids is 2. The first-order chi connectivity index (χ1) is 9.36. The lowest BCUT2D eigenvalue weighted by atomic mass is 10.1. The van der Waals surface area contributed by atoms with Crippen molar-refractivity contribution in [3.63, 3.8) is 0 Å². The highest BCUT2D eigenvalue weighted by molar-refractivity contribution is 6.31. The van der Waals surface area contributed by atoms with Crippen LogP contribution in [0, 0.1) is 5.92 Å². The zero-order chi connectivity index (χ0) is 15.3. The van der Waals surface area contributed by atoms with Crippen LogP contribution in [0.5, 0.6) is 0 Å². The van der Waals surface area contributed by atoms with Gasteiger partial charge in [-0.3, -0.25) is 9.59 Å². The molecule has 0 spiro atoms. The van der Waals surface area contributed by atoms with Gasteiger partial charge in [-0.15, -0.1) is 0 Å². The fraction of sp³-hybridized carbons (Fsp3) is 0.429. The van der Waals surface area contributed by atoms with E-state index in [1.54, 1.807) is 39.3 Å². The average Bonchev–Trinajstić information content (AvgIpc) is 2.38. The number of nitrogens with one attached hydrogen (secondary N) is 2. The van der Waals surface area contributed by atoms with E-state index in [2.05, 4.69) is 10.6 Å². The number of rotatable bonds is 5. The van der Waals surface area contributed by atoms with E-state index < -0.39 is 0 Å². The lowest BCUT2D eigenvalue weighted by Crippen LogP contribution is -2.30. The van der Waals surface area contributed by atoms with E-state index in [0.29, 0.717) is 22.8 Å². The molecule has 110 valence electrons. The standard InChI is InChI=1S/C14H20ClN3O2/c1-9(8-16-2)13(19)17-12-7-10(15)5-6-11(12)14(20)18(3)4/h5-7,9,16H,8H2,1-4H3,(H,17,19). The molecule has 2 N–H and O–H groups in total. The maximum atomic E-state index is 12.1. The fourth-order valence-electron chi connectivity index (χ4n) is 1.70. The fourth-order valence-corrected chi connectivity index (χ4v) is 1.87. The Hall–Kier alpha value is -1.59. The van der Waals surface area contributed by atoms with Crippen LogP contribution < -0.4 is 10.6 Å². The van der Waals surface area contributed by atoms with Gasteiger partial charge in [-0.2, -0.15) is 0 Å². The molecule has 0 heterocycles. The minimum absolute atomic E-state index is 0.158. The van der Waals surface area contributed by atoms with Gasteiger partial charge in [-0.25, -0.2) is 0 Å². The quantitative estimate of drug-likeness (QED) is 0.872. The van der Waals surface area contributed by atoms with Gasteiger partial charge in [-0.1, -0.05) is 18.5 Å². The maximum absolute atomic E-state index is 12.1. The predicted octanol–water partition coefficient (Wildman–Crippen LogP) is 1.84. The molecule has 0 radical (unpaired) electrons. The molecule has 20 heavy (non-hydrogen) atoms. The van der Waals surface area contributed by atoms with Crippen LogP contribution >= 0.6 is 11.6 Å². The Morgan fingerprint density at radius 3 is 2.55 bits per heavy atom. The van der Waals surface area contributed by atoms with Gasteiger partial charge < -0.3 is 15.5 Å². The highest BCUT2D eigenvalue weighted by Crippen LogP contribution is 2.22. The topological polar surface area (TPSA) is 61.4 Å². The second-order valence-electron chi connectivity index (χ2n) is 4.84. The minimum atomic E-state index is -0.207. The molecule has 1 aromatic carbocycles. The smallest absolute Gasteiger partial charge is 0.255 e. The summed E-state index contributed by atoms with van der Waals surface area (Å²) >= 11 is 5.94. The summed E-state index contributed by atoms with van der Waals surface area (Å²) < 4.78 is 0. The Kier molecular flexibility index (Phi) is 5.98. The van der Waals surface area contributed by atoms with Crippen LogP contribution in [0.4, 0.5) is 5.69 Å². The summed E-state index contributed by atoms with van der Waals surface area (Å²) in [6, 6.07) is 4.83. The van der Waals surface area contributed by atoms with Crippen molar-refractivity contribution >= 4 is 29.1 Å². The summed E-state index contributed by atoms with van der Waals surface area (Å²) in [4.78, 5) is 25.6. The highest BCUT2D eigenvalue weighted by Gasteiger charge is 2.18. The molecule has 0 saturated heterocycles. The van der Waals surface area contributed by atoms with Crippen LogP contribution in [0.3, 0.4) is 0 Å². The van der Waals surface area contributed by atoms with Gasteiger partial charge in [0.25, 0.3) is 5.91 Å². The van der Waals surface area contributed by atoms with Gasteiger partial charge in [-0.05, 0) is 25.2 Å². The van der Waals surface area contributed by atoms with E-state index in [-0.39, 0.29) is 17.7 Å². The number of hydrogen-bond donors (Lipinski definition) is 2. The normalized spacial score (nSPS) is 11.8. The summed E-state index contributed by atoms with van der Waals surface area (Å²) in [7, 11) is 5.10. The van der Waals surface area contributed by atoms with Crippen molar-refractivity contribution in [3.05, 3.63) is 28.8 Å². The molecule has 6 heteroatoms. The monoisotopic (exact) mass is 297 g/mol. The summed E-state index contributed by atoms with van der Waals surface area (Å²) in [5.41, 5.74) is 0.855.